The highest BCUT2D eigenvalue weighted by atomic mass is 16.3. The van der Waals surface area contributed by atoms with Crippen LogP contribution in [0.1, 0.15) is 44.2 Å². The van der Waals surface area contributed by atoms with Crippen LogP contribution in [-0.2, 0) is 6.42 Å². The largest absolute Gasteiger partial charge is 0.396 e. The smallest absolute Gasteiger partial charge is 0.0502 e. The van der Waals surface area contributed by atoms with Crippen molar-refractivity contribution in [3.05, 3.63) is 35.4 Å². The second-order valence-corrected chi connectivity index (χ2v) is 5.29. The van der Waals surface area contributed by atoms with E-state index in [0.717, 1.165) is 12.8 Å². The molecule has 96 valence electrons. The Morgan fingerprint density at radius 2 is 1.82 bits per heavy atom. The van der Waals surface area contributed by atoms with Gasteiger partial charge in [0.25, 0.3) is 0 Å². The maximum Gasteiger partial charge on any atom is 0.0502 e. The second-order valence-electron chi connectivity index (χ2n) is 5.29. The summed E-state index contributed by atoms with van der Waals surface area (Å²) in [5, 5.41) is 9.50. The molecule has 0 aliphatic carbocycles. The van der Waals surface area contributed by atoms with Gasteiger partial charge in [0, 0.05) is 12.0 Å². The van der Waals surface area contributed by atoms with Crippen molar-refractivity contribution >= 4 is 0 Å². The molecule has 0 heterocycles. The molecule has 0 saturated carbocycles. The zero-order chi connectivity index (χ0) is 12.9. The van der Waals surface area contributed by atoms with Crippen LogP contribution >= 0.6 is 0 Å². The molecule has 3 N–H and O–H groups in total. The normalized spacial score (nSPS) is 14.9. The number of aliphatic hydroxyl groups is 1. The maximum absolute atomic E-state index is 9.50. The Bertz CT molecular complexity index is 317. The van der Waals surface area contributed by atoms with Gasteiger partial charge in [0.1, 0.15) is 0 Å². The Morgan fingerprint density at radius 1 is 1.24 bits per heavy atom. The first-order valence-corrected chi connectivity index (χ1v) is 6.46. The van der Waals surface area contributed by atoms with E-state index in [2.05, 4.69) is 45.0 Å². The van der Waals surface area contributed by atoms with Crippen molar-refractivity contribution in [2.75, 3.05) is 13.2 Å². The topological polar surface area (TPSA) is 46.2 Å². The van der Waals surface area contributed by atoms with E-state index in [0.29, 0.717) is 12.5 Å². The van der Waals surface area contributed by atoms with E-state index >= 15 is 0 Å². The molecular weight excluding hydrogens is 210 g/mol. The maximum atomic E-state index is 9.50. The predicted molar refractivity (Wildman–Crippen MR) is 73.1 cm³/mol. The lowest BCUT2D eigenvalue weighted by Gasteiger charge is -2.29. The average Bonchev–Trinajstić information content (AvgIpc) is 2.37. The fourth-order valence-corrected chi connectivity index (χ4v) is 2.03. The molecular formula is C15H25NO. The molecule has 0 radical (unpaired) electrons. The lowest BCUT2D eigenvalue weighted by molar-refractivity contribution is 0.127. The molecule has 1 atom stereocenters. The highest BCUT2D eigenvalue weighted by Gasteiger charge is 2.25. The molecule has 2 nitrogen and oxygen atoms in total. The van der Waals surface area contributed by atoms with Gasteiger partial charge in [-0.3, -0.25) is 0 Å². The van der Waals surface area contributed by atoms with E-state index in [9.17, 15) is 5.11 Å². The van der Waals surface area contributed by atoms with Crippen LogP contribution < -0.4 is 5.73 Å². The van der Waals surface area contributed by atoms with Gasteiger partial charge in [0.05, 0.1) is 6.61 Å². The summed E-state index contributed by atoms with van der Waals surface area (Å²) in [6, 6.07) is 8.67. The average molecular weight is 235 g/mol. The van der Waals surface area contributed by atoms with Crippen LogP contribution in [0.25, 0.3) is 0 Å². The predicted octanol–water partition coefficient (Wildman–Crippen LogP) is 2.70. The minimum Gasteiger partial charge on any atom is -0.396 e. The van der Waals surface area contributed by atoms with Crippen LogP contribution in [0.4, 0.5) is 0 Å². The minimum atomic E-state index is -0.153. The molecule has 0 fully saturated rings. The molecule has 0 saturated heterocycles. The van der Waals surface area contributed by atoms with Gasteiger partial charge in [0.15, 0.2) is 0 Å². The lowest BCUT2D eigenvalue weighted by Crippen LogP contribution is -2.35. The van der Waals surface area contributed by atoms with Crippen LogP contribution in [0.2, 0.25) is 0 Å². The van der Waals surface area contributed by atoms with Crippen LogP contribution in [0, 0.1) is 5.41 Å². The van der Waals surface area contributed by atoms with Crippen molar-refractivity contribution in [2.24, 2.45) is 11.1 Å². The Morgan fingerprint density at radius 3 is 2.18 bits per heavy atom. The summed E-state index contributed by atoms with van der Waals surface area (Å²) >= 11 is 0. The zero-order valence-corrected chi connectivity index (χ0v) is 11.2. The van der Waals surface area contributed by atoms with Gasteiger partial charge in [-0.15, -0.1) is 0 Å². The summed E-state index contributed by atoms with van der Waals surface area (Å²) in [5.74, 6) is 0.562. The number of benzene rings is 1. The molecule has 17 heavy (non-hydrogen) atoms. The molecule has 2 heteroatoms. The van der Waals surface area contributed by atoms with Gasteiger partial charge in [-0.2, -0.15) is 0 Å². The summed E-state index contributed by atoms with van der Waals surface area (Å²) in [4.78, 5) is 0. The molecule has 1 rings (SSSR count). The van der Waals surface area contributed by atoms with E-state index in [1.807, 2.05) is 0 Å². The number of nitrogens with two attached hydrogens (primary N) is 1. The highest BCUT2D eigenvalue weighted by Crippen LogP contribution is 2.26. The molecule has 1 unspecified atom stereocenters. The van der Waals surface area contributed by atoms with E-state index in [-0.39, 0.29) is 12.0 Å². The summed E-state index contributed by atoms with van der Waals surface area (Å²) in [6.07, 6.45) is 1.76. The van der Waals surface area contributed by atoms with E-state index in [1.165, 1.54) is 11.1 Å². The molecule has 0 bridgehead atoms. The number of hydrogen-bond acceptors (Lipinski definition) is 2. The van der Waals surface area contributed by atoms with Crippen molar-refractivity contribution in [2.45, 2.75) is 39.5 Å². The van der Waals surface area contributed by atoms with Gasteiger partial charge in [0.2, 0.25) is 0 Å². The molecule has 1 aromatic carbocycles. The Labute approximate surface area is 105 Å². The molecule has 0 aliphatic heterocycles. The van der Waals surface area contributed by atoms with Crippen molar-refractivity contribution < 1.29 is 5.11 Å². The third kappa shape index (κ3) is 3.55. The second kappa shape index (κ2) is 6.18. The molecule has 0 amide bonds. The van der Waals surface area contributed by atoms with Crippen LogP contribution in [0.15, 0.2) is 24.3 Å². The third-order valence-corrected chi connectivity index (χ3v) is 3.74. The first kappa shape index (κ1) is 14.2. The van der Waals surface area contributed by atoms with Gasteiger partial charge >= 0.3 is 0 Å². The summed E-state index contributed by atoms with van der Waals surface area (Å²) in [6.45, 7) is 7.17. The first-order valence-electron chi connectivity index (χ1n) is 6.46. The van der Waals surface area contributed by atoms with E-state index in [1.54, 1.807) is 0 Å². The summed E-state index contributed by atoms with van der Waals surface area (Å²) in [7, 11) is 0. The zero-order valence-electron chi connectivity index (χ0n) is 11.2. The van der Waals surface area contributed by atoms with Gasteiger partial charge in [-0.25, -0.2) is 0 Å². The number of rotatable bonds is 6. The van der Waals surface area contributed by atoms with E-state index in [4.69, 9.17) is 5.73 Å². The Hall–Kier alpha value is -0.860. The third-order valence-electron chi connectivity index (χ3n) is 3.74. The van der Waals surface area contributed by atoms with Crippen molar-refractivity contribution in [1.82, 2.24) is 0 Å². The fourth-order valence-electron chi connectivity index (χ4n) is 2.03. The van der Waals surface area contributed by atoms with Crippen molar-refractivity contribution in [1.29, 1.82) is 0 Å². The quantitative estimate of drug-likeness (QED) is 0.796. The van der Waals surface area contributed by atoms with Gasteiger partial charge < -0.3 is 10.8 Å². The van der Waals surface area contributed by atoms with E-state index < -0.39 is 0 Å². The fraction of sp³-hybridized carbons (Fsp3) is 0.600. The first-order chi connectivity index (χ1) is 8.06. The number of aliphatic hydroxyl groups excluding tert-OH is 1. The highest BCUT2D eigenvalue weighted by molar-refractivity contribution is 5.25. The standard InChI is InChI=1S/C15H25NO/c1-4-15(10-16,11-17)9-13-5-7-14(8-6-13)12(2)3/h5-8,12,17H,4,9-11,16H2,1-3H3. The summed E-state index contributed by atoms with van der Waals surface area (Å²) in [5.41, 5.74) is 8.26. The van der Waals surface area contributed by atoms with Gasteiger partial charge in [-0.1, -0.05) is 45.0 Å². The molecule has 0 aromatic heterocycles. The van der Waals surface area contributed by atoms with Crippen molar-refractivity contribution in [3.8, 4) is 0 Å². The van der Waals surface area contributed by atoms with Crippen LogP contribution in [-0.4, -0.2) is 18.3 Å². The van der Waals surface area contributed by atoms with Gasteiger partial charge in [-0.05, 0) is 29.9 Å². The van der Waals surface area contributed by atoms with Crippen LogP contribution in [0.3, 0.4) is 0 Å². The van der Waals surface area contributed by atoms with Crippen LogP contribution in [0.5, 0.6) is 0 Å². The Balaban J connectivity index is 2.80. The SMILES string of the molecule is CCC(CN)(CO)Cc1ccc(C(C)C)cc1. The molecule has 0 aliphatic rings. The number of hydrogen-bond donors (Lipinski definition) is 2. The monoisotopic (exact) mass is 235 g/mol. The minimum absolute atomic E-state index is 0.153. The Kier molecular flexibility index (Phi) is 5.16. The molecule has 0 spiro atoms. The lowest BCUT2D eigenvalue weighted by atomic mass is 9.80. The molecule has 1 aromatic rings. The van der Waals surface area contributed by atoms with Crippen molar-refractivity contribution in [3.63, 3.8) is 0 Å². The summed E-state index contributed by atoms with van der Waals surface area (Å²) < 4.78 is 0.